The number of hydrogen-bond donors (Lipinski definition) is 1. The number of nitrogens with zero attached hydrogens (tertiary/aromatic N) is 1. The molecule has 1 saturated heterocycles. The Morgan fingerprint density at radius 3 is 2.50 bits per heavy atom. The standard InChI is InChI=1S/C14H14N2O4/c1-9(17)8-16-13(18)12(15-14(16)19)7-10-3-5-11(20-2)6-4-10/h3-7H,8H2,1-2H3,(H,15,19). The molecule has 0 aliphatic carbocycles. The third kappa shape index (κ3) is 2.85. The van der Waals surface area contributed by atoms with E-state index in [0.29, 0.717) is 5.75 Å². The number of carbonyl (C=O) groups excluding carboxylic acids is 3. The lowest BCUT2D eigenvalue weighted by atomic mass is 10.2. The van der Waals surface area contributed by atoms with Crippen LogP contribution in [0.1, 0.15) is 12.5 Å². The summed E-state index contributed by atoms with van der Waals surface area (Å²) in [6.07, 6.45) is 1.56. The molecule has 0 aromatic heterocycles. The lowest BCUT2D eigenvalue weighted by Crippen LogP contribution is -2.34. The van der Waals surface area contributed by atoms with Crippen molar-refractivity contribution in [3.05, 3.63) is 35.5 Å². The van der Waals surface area contributed by atoms with E-state index in [1.165, 1.54) is 6.92 Å². The highest BCUT2D eigenvalue weighted by Crippen LogP contribution is 2.16. The van der Waals surface area contributed by atoms with Crippen LogP contribution in [0, 0.1) is 0 Å². The smallest absolute Gasteiger partial charge is 0.329 e. The first-order valence-electron chi connectivity index (χ1n) is 5.99. The van der Waals surface area contributed by atoms with Gasteiger partial charge >= 0.3 is 6.03 Å². The quantitative estimate of drug-likeness (QED) is 0.660. The summed E-state index contributed by atoms with van der Waals surface area (Å²) in [4.78, 5) is 35.5. The van der Waals surface area contributed by atoms with Gasteiger partial charge in [-0.25, -0.2) is 4.79 Å². The highest BCUT2D eigenvalue weighted by Gasteiger charge is 2.33. The molecule has 0 atom stereocenters. The van der Waals surface area contributed by atoms with Gasteiger partial charge in [0.25, 0.3) is 5.91 Å². The number of Topliss-reactive ketones (excluding diaryl/α,β-unsaturated/α-hetero) is 1. The molecule has 2 rings (SSSR count). The maximum Gasteiger partial charge on any atom is 0.329 e. The molecule has 0 radical (unpaired) electrons. The second-order valence-electron chi connectivity index (χ2n) is 4.35. The topological polar surface area (TPSA) is 75.7 Å². The van der Waals surface area contributed by atoms with Gasteiger partial charge in [-0.15, -0.1) is 0 Å². The number of imide groups is 1. The summed E-state index contributed by atoms with van der Waals surface area (Å²) in [5.74, 6) is -0.0487. The number of nitrogens with one attached hydrogen (secondary N) is 1. The van der Waals surface area contributed by atoms with Crippen molar-refractivity contribution in [2.45, 2.75) is 6.92 Å². The molecule has 1 heterocycles. The lowest BCUT2D eigenvalue weighted by molar-refractivity contribution is -0.127. The van der Waals surface area contributed by atoms with Crippen molar-refractivity contribution in [1.29, 1.82) is 0 Å². The summed E-state index contributed by atoms with van der Waals surface area (Å²) in [5.41, 5.74) is 0.903. The number of benzene rings is 1. The Balaban J connectivity index is 2.20. The Kier molecular flexibility index (Phi) is 3.84. The molecular weight excluding hydrogens is 260 g/mol. The zero-order chi connectivity index (χ0) is 14.7. The lowest BCUT2D eigenvalue weighted by Gasteiger charge is -2.07. The van der Waals surface area contributed by atoms with Crippen LogP contribution in [0.3, 0.4) is 0 Å². The molecule has 20 heavy (non-hydrogen) atoms. The van der Waals surface area contributed by atoms with Crippen LogP contribution in [0.15, 0.2) is 30.0 Å². The van der Waals surface area contributed by atoms with Gasteiger partial charge in [0.15, 0.2) is 0 Å². The summed E-state index contributed by atoms with van der Waals surface area (Å²) < 4.78 is 5.04. The van der Waals surface area contributed by atoms with Gasteiger partial charge < -0.3 is 10.1 Å². The van der Waals surface area contributed by atoms with Gasteiger partial charge in [-0.3, -0.25) is 14.5 Å². The van der Waals surface area contributed by atoms with Gasteiger partial charge in [-0.2, -0.15) is 0 Å². The normalized spacial score (nSPS) is 16.5. The number of amides is 3. The zero-order valence-corrected chi connectivity index (χ0v) is 11.2. The number of ether oxygens (including phenoxy) is 1. The van der Waals surface area contributed by atoms with Crippen molar-refractivity contribution in [2.75, 3.05) is 13.7 Å². The van der Waals surface area contributed by atoms with Crippen molar-refractivity contribution < 1.29 is 19.1 Å². The maximum absolute atomic E-state index is 12.0. The Labute approximate surface area is 116 Å². The van der Waals surface area contributed by atoms with Crippen LogP contribution in [0.5, 0.6) is 5.75 Å². The summed E-state index contributed by atoms with van der Waals surface area (Å²) in [7, 11) is 1.56. The van der Waals surface area contributed by atoms with Crippen LogP contribution >= 0.6 is 0 Å². The van der Waals surface area contributed by atoms with Gasteiger partial charge in [-0.1, -0.05) is 12.1 Å². The first-order chi connectivity index (χ1) is 9.51. The van der Waals surface area contributed by atoms with Crippen molar-refractivity contribution in [3.8, 4) is 5.75 Å². The summed E-state index contributed by atoms with van der Waals surface area (Å²) in [6.45, 7) is 1.11. The molecular formula is C14H14N2O4. The van der Waals surface area contributed by atoms with E-state index >= 15 is 0 Å². The number of rotatable bonds is 4. The van der Waals surface area contributed by atoms with Gasteiger partial charge in [0, 0.05) is 0 Å². The van der Waals surface area contributed by atoms with Gasteiger partial charge in [0.2, 0.25) is 0 Å². The minimum Gasteiger partial charge on any atom is -0.497 e. The number of carbonyl (C=O) groups is 3. The maximum atomic E-state index is 12.0. The third-order valence-corrected chi connectivity index (χ3v) is 2.77. The Morgan fingerprint density at radius 2 is 1.95 bits per heavy atom. The first-order valence-corrected chi connectivity index (χ1v) is 5.99. The van der Waals surface area contributed by atoms with Crippen molar-refractivity contribution in [3.63, 3.8) is 0 Å². The Hall–Kier alpha value is -2.63. The Bertz CT molecular complexity index is 590. The fourth-order valence-electron chi connectivity index (χ4n) is 1.80. The van der Waals surface area contributed by atoms with Crippen LogP contribution in [-0.2, 0) is 9.59 Å². The van der Waals surface area contributed by atoms with E-state index in [0.717, 1.165) is 10.5 Å². The number of hydrogen-bond acceptors (Lipinski definition) is 4. The average Bonchev–Trinajstić information content (AvgIpc) is 2.67. The van der Waals surface area contributed by atoms with Gasteiger partial charge in [0.1, 0.15) is 17.2 Å². The molecule has 6 nitrogen and oxygen atoms in total. The molecule has 0 spiro atoms. The first kappa shape index (κ1) is 13.8. The van der Waals surface area contributed by atoms with Crippen molar-refractivity contribution in [1.82, 2.24) is 10.2 Å². The van der Waals surface area contributed by atoms with Crippen molar-refractivity contribution >= 4 is 23.8 Å². The largest absolute Gasteiger partial charge is 0.497 e. The molecule has 1 aliphatic heterocycles. The fourth-order valence-corrected chi connectivity index (χ4v) is 1.80. The van der Waals surface area contributed by atoms with E-state index in [1.54, 1.807) is 37.5 Å². The SMILES string of the molecule is COc1ccc(C=C2NC(=O)N(CC(C)=O)C2=O)cc1. The van der Waals surface area contributed by atoms with Crippen LogP contribution < -0.4 is 10.1 Å². The molecule has 0 bridgehead atoms. The molecule has 1 aromatic carbocycles. The molecule has 6 heteroatoms. The van der Waals surface area contributed by atoms with Crippen LogP contribution in [0.25, 0.3) is 6.08 Å². The van der Waals surface area contributed by atoms with E-state index in [2.05, 4.69) is 5.32 Å². The van der Waals surface area contributed by atoms with Crippen LogP contribution in [-0.4, -0.2) is 36.3 Å². The van der Waals surface area contributed by atoms with Gasteiger partial charge in [-0.05, 0) is 30.7 Å². The van der Waals surface area contributed by atoms with E-state index in [1.807, 2.05) is 0 Å². The highest BCUT2D eigenvalue weighted by molar-refractivity contribution is 6.15. The highest BCUT2D eigenvalue weighted by atomic mass is 16.5. The molecule has 0 saturated carbocycles. The fraction of sp³-hybridized carbons (Fsp3) is 0.214. The molecule has 1 aliphatic rings. The number of methoxy groups -OCH3 is 1. The van der Waals surface area contributed by atoms with Gasteiger partial charge in [0.05, 0.1) is 13.7 Å². The second-order valence-corrected chi connectivity index (χ2v) is 4.35. The summed E-state index contributed by atoms with van der Waals surface area (Å²) in [5, 5.41) is 2.45. The number of urea groups is 1. The third-order valence-electron chi connectivity index (χ3n) is 2.77. The molecule has 1 N–H and O–H groups in total. The second kappa shape index (κ2) is 5.56. The van der Waals surface area contributed by atoms with E-state index in [9.17, 15) is 14.4 Å². The molecule has 0 unspecified atom stereocenters. The molecule has 1 fully saturated rings. The van der Waals surface area contributed by atoms with E-state index in [-0.39, 0.29) is 18.0 Å². The minimum absolute atomic E-state index is 0.154. The molecule has 104 valence electrons. The van der Waals surface area contributed by atoms with E-state index < -0.39 is 11.9 Å². The minimum atomic E-state index is -0.579. The van der Waals surface area contributed by atoms with Crippen LogP contribution in [0.2, 0.25) is 0 Å². The molecule has 3 amide bonds. The predicted molar refractivity (Wildman–Crippen MR) is 71.9 cm³/mol. The summed E-state index contributed by atoms with van der Waals surface area (Å²) in [6, 6.07) is 6.45. The van der Waals surface area contributed by atoms with Crippen LogP contribution in [0.4, 0.5) is 4.79 Å². The van der Waals surface area contributed by atoms with E-state index in [4.69, 9.17) is 4.74 Å². The Morgan fingerprint density at radius 1 is 1.30 bits per heavy atom. The number of ketones is 1. The zero-order valence-electron chi connectivity index (χ0n) is 11.2. The van der Waals surface area contributed by atoms with Crippen molar-refractivity contribution in [2.24, 2.45) is 0 Å². The monoisotopic (exact) mass is 274 g/mol. The summed E-state index contributed by atoms with van der Waals surface area (Å²) >= 11 is 0. The average molecular weight is 274 g/mol. The predicted octanol–water partition coefficient (Wildman–Crippen LogP) is 1.18. The molecule has 1 aromatic rings.